The van der Waals surface area contributed by atoms with Crippen molar-refractivity contribution in [1.29, 1.82) is 0 Å². The number of fused-ring (bicyclic) bond motifs is 1. The third-order valence-electron chi connectivity index (χ3n) is 0.940. The van der Waals surface area contributed by atoms with E-state index >= 15 is 0 Å². The van der Waals surface area contributed by atoms with Crippen LogP contribution in [0, 0.1) is 12.1 Å². The molecule has 0 aromatic carbocycles. The standard InChI is InChI=1S/C6H2S2/c1-3-7-6-2-4-8-5(1)6/h3-4H. The Morgan fingerprint density at radius 3 is 2.00 bits per heavy atom. The Labute approximate surface area is 55.4 Å². The first-order valence-electron chi connectivity index (χ1n) is 2.21. The van der Waals surface area contributed by atoms with E-state index in [-0.39, 0.29) is 0 Å². The molecule has 0 aliphatic heterocycles. The summed E-state index contributed by atoms with van der Waals surface area (Å²) in [6, 6.07) is 6.21. The van der Waals surface area contributed by atoms with Crippen molar-refractivity contribution < 1.29 is 0 Å². The van der Waals surface area contributed by atoms with E-state index in [1.807, 2.05) is 10.8 Å². The number of rotatable bonds is 0. The zero-order valence-corrected chi connectivity index (χ0v) is 5.60. The monoisotopic (exact) mass is 138 g/mol. The molecule has 0 nitrogen and oxygen atoms in total. The van der Waals surface area contributed by atoms with Crippen LogP contribution in [0.2, 0.25) is 0 Å². The molecule has 2 radical (unpaired) electrons. The Morgan fingerprint density at radius 2 is 1.50 bits per heavy atom. The predicted octanol–water partition coefficient (Wildman–Crippen LogP) is 2.56. The fraction of sp³-hybridized carbons (Fsp3) is 0. The average Bonchev–Trinajstić information content (AvgIpc) is 2.15. The minimum absolute atomic E-state index is 1.23. The van der Waals surface area contributed by atoms with Crippen molar-refractivity contribution in [3.05, 3.63) is 22.9 Å². The minimum atomic E-state index is 1.23. The molecule has 38 valence electrons. The van der Waals surface area contributed by atoms with E-state index in [9.17, 15) is 0 Å². The molecule has 0 N–H and O–H groups in total. The summed E-state index contributed by atoms with van der Waals surface area (Å²) in [6.07, 6.45) is 0. The topological polar surface area (TPSA) is 0 Å². The van der Waals surface area contributed by atoms with Gasteiger partial charge in [-0.05, 0) is 0 Å². The van der Waals surface area contributed by atoms with Gasteiger partial charge in [-0.25, -0.2) is 0 Å². The van der Waals surface area contributed by atoms with Crippen LogP contribution in [0.1, 0.15) is 0 Å². The molecule has 2 heteroatoms. The summed E-state index contributed by atoms with van der Waals surface area (Å²) < 4.78 is 2.46. The van der Waals surface area contributed by atoms with Gasteiger partial charge in [-0.15, -0.1) is 22.7 Å². The number of thiophene rings is 2. The Hall–Kier alpha value is -0.340. The van der Waals surface area contributed by atoms with Crippen LogP contribution in [-0.2, 0) is 0 Å². The Kier molecular flexibility index (Phi) is 0.889. The van der Waals surface area contributed by atoms with Crippen LogP contribution in [0.5, 0.6) is 0 Å². The summed E-state index contributed by atoms with van der Waals surface area (Å²) in [4.78, 5) is 0. The fourth-order valence-corrected chi connectivity index (χ4v) is 2.20. The molecule has 0 unspecified atom stereocenters. The molecule has 2 aromatic heterocycles. The van der Waals surface area contributed by atoms with Crippen LogP contribution in [0.4, 0.5) is 0 Å². The summed E-state index contributed by atoms with van der Waals surface area (Å²) in [5, 5.41) is 3.94. The molecule has 0 saturated heterocycles. The maximum absolute atomic E-state index is 3.11. The SMILES string of the molecule is [c]1csc2[c]csc12. The molecule has 2 aromatic rings. The quantitative estimate of drug-likeness (QED) is 0.525. The van der Waals surface area contributed by atoms with Crippen LogP contribution < -0.4 is 0 Å². The third kappa shape index (κ3) is 0.501. The smallest absolute Gasteiger partial charge is 0.0536 e. The van der Waals surface area contributed by atoms with Crippen molar-refractivity contribution in [1.82, 2.24) is 0 Å². The second-order valence-electron chi connectivity index (χ2n) is 1.42. The van der Waals surface area contributed by atoms with E-state index in [2.05, 4.69) is 12.1 Å². The van der Waals surface area contributed by atoms with E-state index < -0.39 is 0 Å². The first-order chi connectivity index (χ1) is 3.97. The van der Waals surface area contributed by atoms with Gasteiger partial charge in [-0.2, -0.15) is 0 Å². The molecule has 0 aliphatic carbocycles. The van der Waals surface area contributed by atoms with E-state index in [1.54, 1.807) is 22.7 Å². The highest BCUT2D eigenvalue weighted by Crippen LogP contribution is 2.23. The van der Waals surface area contributed by atoms with Crippen molar-refractivity contribution in [2.45, 2.75) is 0 Å². The van der Waals surface area contributed by atoms with Gasteiger partial charge in [-0.3, -0.25) is 0 Å². The van der Waals surface area contributed by atoms with Gasteiger partial charge in [0.2, 0.25) is 0 Å². The third-order valence-corrected chi connectivity index (χ3v) is 2.66. The van der Waals surface area contributed by atoms with Gasteiger partial charge in [0, 0.05) is 22.9 Å². The Morgan fingerprint density at radius 1 is 1.00 bits per heavy atom. The number of hydrogen-bond donors (Lipinski definition) is 0. The average molecular weight is 138 g/mol. The summed E-state index contributed by atoms with van der Waals surface area (Å²) >= 11 is 3.39. The van der Waals surface area contributed by atoms with Gasteiger partial charge >= 0.3 is 0 Å². The Balaban J connectivity index is 3.06. The minimum Gasteiger partial charge on any atom is -0.142 e. The van der Waals surface area contributed by atoms with Gasteiger partial charge in [0.25, 0.3) is 0 Å². The molecule has 0 amide bonds. The van der Waals surface area contributed by atoms with Crippen molar-refractivity contribution >= 4 is 32.1 Å². The highest BCUT2D eigenvalue weighted by atomic mass is 32.1. The number of hydrogen-bond acceptors (Lipinski definition) is 2. The lowest BCUT2D eigenvalue weighted by Gasteiger charge is -1.62. The van der Waals surface area contributed by atoms with Gasteiger partial charge in [0.05, 0.1) is 9.40 Å². The first kappa shape index (κ1) is 4.53. The summed E-state index contributed by atoms with van der Waals surface area (Å²) in [6.45, 7) is 0. The van der Waals surface area contributed by atoms with E-state index in [1.165, 1.54) is 9.40 Å². The predicted molar refractivity (Wildman–Crippen MR) is 37.4 cm³/mol. The van der Waals surface area contributed by atoms with Crippen LogP contribution in [0.15, 0.2) is 10.8 Å². The zero-order chi connectivity index (χ0) is 5.40. The molecule has 8 heavy (non-hydrogen) atoms. The van der Waals surface area contributed by atoms with Crippen molar-refractivity contribution in [2.75, 3.05) is 0 Å². The Bertz CT molecular complexity index is 228. The van der Waals surface area contributed by atoms with E-state index in [0.29, 0.717) is 0 Å². The van der Waals surface area contributed by atoms with Crippen LogP contribution in [0.25, 0.3) is 9.40 Å². The van der Waals surface area contributed by atoms with Crippen molar-refractivity contribution in [3.63, 3.8) is 0 Å². The van der Waals surface area contributed by atoms with E-state index in [0.717, 1.165) is 0 Å². The van der Waals surface area contributed by atoms with Crippen molar-refractivity contribution in [2.24, 2.45) is 0 Å². The van der Waals surface area contributed by atoms with Crippen LogP contribution in [0.3, 0.4) is 0 Å². The molecule has 0 spiro atoms. The lowest BCUT2D eigenvalue weighted by molar-refractivity contribution is 2.18. The van der Waals surface area contributed by atoms with Gasteiger partial charge in [-0.1, -0.05) is 0 Å². The molecule has 0 aliphatic rings. The largest absolute Gasteiger partial charge is 0.142 e. The van der Waals surface area contributed by atoms with Gasteiger partial charge < -0.3 is 0 Å². The summed E-state index contributed by atoms with van der Waals surface area (Å²) in [5.41, 5.74) is 0. The molecular weight excluding hydrogens is 136 g/mol. The molecule has 0 atom stereocenters. The maximum atomic E-state index is 3.11. The van der Waals surface area contributed by atoms with Gasteiger partial charge in [0.15, 0.2) is 0 Å². The molecule has 0 bridgehead atoms. The molecule has 2 rings (SSSR count). The van der Waals surface area contributed by atoms with Crippen molar-refractivity contribution in [3.8, 4) is 0 Å². The zero-order valence-electron chi connectivity index (χ0n) is 3.97. The van der Waals surface area contributed by atoms with Crippen LogP contribution in [-0.4, -0.2) is 0 Å². The molecular formula is C6H2S2. The summed E-state index contributed by atoms with van der Waals surface area (Å²) in [5.74, 6) is 0. The van der Waals surface area contributed by atoms with E-state index in [4.69, 9.17) is 0 Å². The lowest BCUT2D eigenvalue weighted by Crippen LogP contribution is -1.35. The first-order valence-corrected chi connectivity index (χ1v) is 3.97. The van der Waals surface area contributed by atoms with Gasteiger partial charge in [0.1, 0.15) is 0 Å². The molecule has 0 fully saturated rings. The second-order valence-corrected chi connectivity index (χ2v) is 3.18. The lowest BCUT2D eigenvalue weighted by atomic mass is 10.5. The molecule has 0 saturated carbocycles. The normalized spacial score (nSPS) is 10.5. The highest BCUT2D eigenvalue weighted by Gasteiger charge is 1.92. The fourth-order valence-electron chi connectivity index (χ4n) is 0.590. The van der Waals surface area contributed by atoms with Crippen LogP contribution >= 0.6 is 22.7 Å². The summed E-state index contributed by atoms with van der Waals surface area (Å²) in [7, 11) is 0. The molecule has 2 heterocycles. The highest BCUT2D eigenvalue weighted by molar-refractivity contribution is 7.25. The maximum Gasteiger partial charge on any atom is 0.0536 e. The second kappa shape index (κ2) is 1.57.